The predicted octanol–water partition coefficient (Wildman–Crippen LogP) is 2.87. The second kappa shape index (κ2) is 5.70. The molecule has 3 nitrogen and oxygen atoms in total. The van der Waals surface area contributed by atoms with Crippen LogP contribution in [-0.4, -0.2) is 25.5 Å². The van der Waals surface area contributed by atoms with Gasteiger partial charge in [-0.05, 0) is 37.9 Å². The maximum Gasteiger partial charge on any atom is 0.234 e. The van der Waals surface area contributed by atoms with Gasteiger partial charge in [0.25, 0.3) is 0 Å². The van der Waals surface area contributed by atoms with Crippen LogP contribution in [0, 0.1) is 5.41 Å². The molecule has 0 saturated carbocycles. The molecule has 2 fully saturated rings. The van der Waals surface area contributed by atoms with Crippen molar-refractivity contribution in [1.82, 2.24) is 5.32 Å². The van der Waals surface area contributed by atoms with Gasteiger partial charge in [0.1, 0.15) is 0 Å². The second-order valence-corrected chi connectivity index (χ2v) is 5.63. The number of nitrogens with one attached hydrogen (secondary N) is 1. The van der Waals surface area contributed by atoms with Crippen LogP contribution in [0.15, 0.2) is 24.3 Å². The van der Waals surface area contributed by atoms with E-state index in [-0.39, 0.29) is 23.7 Å². The summed E-state index contributed by atoms with van der Waals surface area (Å²) in [5.41, 5.74) is 0.670. The van der Waals surface area contributed by atoms with Gasteiger partial charge in [0.2, 0.25) is 5.91 Å². The minimum Gasteiger partial charge on any atom is -0.316 e. The first kappa shape index (κ1) is 14.6. The van der Waals surface area contributed by atoms with Crippen LogP contribution in [0.5, 0.6) is 0 Å². The monoisotopic (exact) mass is 300 g/mol. The number of hydrogen-bond donors (Lipinski definition) is 1. The second-order valence-electron chi connectivity index (χ2n) is 5.22. The summed E-state index contributed by atoms with van der Waals surface area (Å²) in [6.07, 6.45) is 3.02. The molecule has 0 radical (unpaired) electrons. The van der Waals surface area contributed by atoms with E-state index in [2.05, 4.69) is 5.32 Å². The summed E-state index contributed by atoms with van der Waals surface area (Å²) in [6.45, 7) is 2.62. The van der Waals surface area contributed by atoms with Gasteiger partial charge in [-0.3, -0.25) is 4.79 Å². The summed E-state index contributed by atoms with van der Waals surface area (Å²) in [6, 6.07) is 7.59. The summed E-state index contributed by atoms with van der Waals surface area (Å²) in [5.74, 6) is 0.239. The number of hydrogen-bond acceptors (Lipinski definition) is 2. The van der Waals surface area contributed by atoms with Crippen molar-refractivity contribution in [2.75, 3.05) is 24.5 Å². The SMILES string of the molecule is Cl.O=C1N(c2ccccc2Cl)CC[C@]12CCCNC2. The molecule has 2 aliphatic heterocycles. The highest BCUT2D eigenvalue weighted by molar-refractivity contribution is 6.34. The first-order chi connectivity index (χ1) is 8.73. The van der Waals surface area contributed by atoms with Gasteiger partial charge in [-0.15, -0.1) is 12.4 Å². The zero-order chi connectivity index (χ0) is 12.6. The number of anilines is 1. The molecule has 2 heterocycles. The Balaban J connectivity index is 0.00000133. The smallest absolute Gasteiger partial charge is 0.234 e. The lowest BCUT2D eigenvalue weighted by atomic mass is 9.79. The molecule has 2 aliphatic rings. The van der Waals surface area contributed by atoms with E-state index in [1.165, 1.54) is 0 Å². The van der Waals surface area contributed by atoms with E-state index in [4.69, 9.17) is 11.6 Å². The molecule has 1 atom stereocenters. The zero-order valence-corrected chi connectivity index (χ0v) is 12.3. The van der Waals surface area contributed by atoms with E-state index >= 15 is 0 Å². The molecule has 0 aromatic heterocycles. The first-order valence-corrected chi connectivity index (χ1v) is 6.88. The number of carbonyl (C=O) groups excluding carboxylic acids is 1. The summed E-state index contributed by atoms with van der Waals surface area (Å²) in [5, 5.41) is 4.01. The van der Waals surface area contributed by atoms with Crippen molar-refractivity contribution < 1.29 is 4.79 Å². The number of nitrogens with zero attached hydrogens (tertiary/aromatic N) is 1. The Morgan fingerprint density at radius 1 is 1.26 bits per heavy atom. The van der Waals surface area contributed by atoms with Gasteiger partial charge in [0, 0.05) is 13.1 Å². The van der Waals surface area contributed by atoms with Crippen LogP contribution in [0.1, 0.15) is 19.3 Å². The van der Waals surface area contributed by atoms with Gasteiger partial charge in [0.15, 0.2) is 0 Å². The zero-order valence-electron chi connectivity index (χ0n) is 10.7. The molecule has 1 spiro atoms. The van der Waals surface area contributed by atoms with Crippen molar-refractivity contribution in [3.63, 3.8) is 0 Å². The third-order valence-corrected chi connectivity index (χ3v) is 4.45. The lowest BCUT2D eigenvalue weighted by Gasteiger charge is -2.32. The Kier molecular flexibility index (Phi) is 4.39. The highest BCUT2D eigenvalue weighted by Gasteiger charge is 2.47. The van der Waals surface area contributed by atoms with E-state index in [0.717, 1.165) is 44.6 Å². The van der Waals surface area contributed by atoms with E-state index in [1.54, 1.807) is 0 Å². The number of para-hydroxylation sites is 1. The van der Waals surface area contributed by atoms with Crippen molar-refractivity contribution in [3.05, 3.63) is 29.3 Å². The molecular formula is C14H18Cl2N2O. The van der Waals surface area contributed by atoms with Gasteiger partial charge < -0.3 is 10.2 Å². The van der Waals surface area contributed by atoms with Gasteiger partial charge in [-0.25, -0.2) is 0 Å². The fraction of sp³-hybridized carbons (Fsp3) is 0.500. The van der Waals surface area contributed by atoms with Crippen LogP contribution in [0.25, 0.3) is 0 Å². The molecule has 5 heteroatoms. The Hall–Kier alpha value is -0.770. The Morgan fingerprint density at radius 3 is 2.74 bits per heavy atom. The summed E-state index contributed by atoms with van der Waals surface area (Å²) in [4.78, 5) is 14.5. The van der Waals surface area contributed by atoms with Crippen molar-refractivity contribution in [2.45, 2.75) is 19.3 Å². The number of piperidine rings is 1. The molecule has 104 valence electrons. The minimum absolute atomic E-state index is 0. The van der Waals surface area contributed by atoms with Crippen LogP contribution in [0.4, 0.5) is 5.69 Å². The lowest BCUT2D eigenvalue weighted by molar-refractivity contribution is -0.126. The van der Waals surface area contributed by atoms with Gasteiger partial charge in [-0.2, -0.15) is 0 Å². The Morgan fingerprint density at radius 2 is 2.05 bits per heavy atom. The van der Waals surface area contributed by atoms with Crippen LogP contribution < -0.4 is 10.2 Å². The minimum atomic E-state index is -0.183. The van der Waals surface area contributed by atoms with Crippen LogP contribution >= 0.6 is 24.0 Å². The molecule has 0 unspecified atom stereocenters. The number of carbonyl (C=O) groups is 1. The number of rotatable bonds is 1. The normalized spacial score (nSPS) is 26.6. The molecule has 2 saturated heterocycles. The molecule has 0 bridgehead atoms. The maximum atomic E-state index is 12.7. The topological polar surface area (TPSA) is 32.3 Å². The van der Waals surface area contributed by atoms with Gasteiger partial charge >= 0.3 is 0 Å². The predicted molar refractivity (Wildman–Crippen MR) is 80.2 cm³/mol. The van der Waals surface area contributed by atoms with Crippen molar-refractivity contribution in [3.8, 4) is 0 Å². The van der Waals surface area contributed by atoms with Gasteiger partial charge in [0.05, 0.1) is 16.1 Å². The molecule has 1 amide bonds. The van der Waals surface area contributed by atoms with Gasteiger partial charge in [-0.1, -0.05) is 23.7 Å². The average Bonchev–Trinajstić information content (AvgIpc) is 2.69. The van der Waals surface area contributed by atoms with Crippen LogP contribution in [-0.2, 0) is 4.79 Å². The third kappa shape index (κ3) is 2.47. The maximum absolute atomic E-state index is 12.7. The highest BCUT2D eigenvalue weighted by Crippen LogP contribution is 2.41. The van der Waals surface area contributed by atoms with E-state index in [0.29, 0.717) is 5.02 Å². The van der Waals surface area contributed by atoms with Crippen molar-refractivity contribution >= 4 is 35.6 Å². The highest BCUT2D eigenvalue weighted by atomic mass is 35.5. The lowest BCUT2D eigenvalue weighted by Crippen LogP contribution is -2.45. The van der Waals surface area contributed by atoms with Crippen molar-refractivity contribution in [1.29, 1.82) is 0 Å². The van der Waals surface area contributed by atoms with E-state index in [1.807, 2.05) is 29.2 Å². The fourth-order valence-corrected chi connectivity index (χ4v) is 3.32. The van der Waals surface area contributed by atoms with Crippen molar-refractivity contribution in [2.24, 2.45) is 5.41 Å². The Labute approximate surface area is 124 Å². The standard InChI is InChI=1S/C14H17ClN2O.ClH/c15-11-4-1-2-5-12(11)17-9-7-14(13(17)18)6-3-8-16-10-14;/h1-2,4-5,16H,3,6-10H2;1H/t14-;/m0./s1. The molecule has 1 aromatic carbocycles. The molecule has 1 N–H and O–H groups in total. The summed E-state index contributed by atoms with van der Waals surface area (Å²) in [7, 11) is 0. The quantitative estimate of drug-likeness (QED) is 0.865. The molecular weight excluding hydrogens is 283 g/mol. The molecule has 1 aromatic rings. The largest absolute Gasteiger partial charge is 0.316 e. The molecule has 0 aliphatic carbocycles. The van der Waals surface area contributed by atoms with Crippen LogP contribution in [0.3, 0.4) is 0 Å². The molecule has 19 heavy (non-hydrogen) atoms. The number of halogens is 2. The summed E-state index contributed by atoms with van der Waals surface area (Å²) < 4.78 is 0. The van der Waals surface area contributed by atoms with E-state index in [9.17, 15) is 4.79 Å². The van der Waals surface area contributed by atoms with Crippen LogP contribution in [0.2, 0.25) is 5.02 Å². The fourth-order valence-electron chi connectivity index (χ4n) is 3.08. The molecule has 3 rings (SSSR count). The number of benzene rings is 1. The summed E-state index contributed by atoms with van der Waals surface area (Å²) >= 11 is 6.19. The van der Waals surface area contributed by atoms with E-state index < -0.39 is 0 Å². The Bertz CT molecular complexity index is 472. The average molecular weight is 301 g/mol. The first-order valence-electron chi connectivity index (χ1n) is 6.50. The third-order valence-electron chi connectivity index (χ3n) is 4.13. The number of amides is 1.